The maximum atomic E-state index is 11.8. The summed E-state index contributed by atoms with van der Waals surface area (Å²) in [6.07, 6.45) is 0. The molecule has 0 aliphatic carbocycles. The van der Waals surface area contributed by atoms with E-state index in [-0.39, 0.29) is 12.4 Å². The molecule has 2 aromatic carbocycles. The van der Waals surface area contributed by atoms with Crippen LogP contribution in [0.4, 0.5) is 0 Å². The lowest BCUT2D eigenvalue weighted by Crippen LogP contribution is -2.18. The van der Waals surface area contributed by atoms with Crippen LogP contribution >= 0.6 is 15.9 Å². The molecular weight excluding hydrogens is 404 g/mol. The molecule has 0 atom stereocenters. The average molecular weight is 423 g/mol. The predicted molar refractivity (Wildman–Crippen MR) is 101 cm³/mol. The quantitative estimate of drug-likeness (QED) is 0.319. The molecule has 26 heavy (non-hydrogen) atoms. The van der Waals surface area contributed by atoms with Gasteiger partial charge in [0.25, 0.3) is 0 Å². The van der Waals surface area contributed by atoms with Crippen molar-refractivity contribution in [3.63, 3.8) is 0 Å². The van der Waals surface area contributed by atoms with Crippen LogP contribution < -0.4 is 19.9 Å². The van der Waals surface area contributed by atoms with Crippen molar-refractivity contribution in [3.05, 3.63) is 52.0 Å². The van der Waals surface area contributed by atoms with E-state index in [0.717, 1.165) is 10.0 Å². The lowest BCUT2D eigenvalue weighted by molar-refractivity contribution is -0.146. The van der Waals surface area contributed by atoms with Crippen LogP contribution in [0.3, 0.4) is 0 Å². The number of nitrogens with two attached hydrogens (primary N) is 1. The van der Waals surface area contributed by atoms with Gasteiger partial charge < -0.3 is 24.8 Å². The summed E-state index contributed by atoms with van der Waals surface area (Å²) in [5.74, 6) is 0.954. The Morgan fingerprint density at radius 2 is 1.85 bits per heavy atom. The molecule has 8 heteroatoms. The number of nitrogens with zero attached hydrogens (tertiary/aromatic N) is 1. The number of amidine groups is 1. The highest BCUT2D eigenvalue weighted by atomic mass is 79.9. The van der Waals surface area contributed by atoms with Crippen LogP contribution in [0, 0.1) is 6.92 Å². The first-order valence-electron chi connectivity index (χ1n) is 7.59. The molecule has 0 aromatic heterocycles. The van der Waals surface area contributed by atoms with Gasteiger partial charge in [-0.3, -0.25) is 0 Å². The van der Waals surface area contributed by atoms with E-state index < -0.39 is 5.97 Å². The number of halogens is 1. The summed E-state index contributed by atoms with van der Waals surface area (Å²) in [4.78, 5) is 16.5. The summed E-state index contributed by atoms with van der Waals surface area (Å²) in [5, 5.41) is 3.63. The van der Waals surface area contributed by atoms with Gasteiger partial charge >= 0.3 is 5.97 Å². The van der Waals surface area contributed by atoms with E-state index in [1.165, 1.54) is 14.2 Å². The molecule has 2 N–H and O–H groups in total. The fourth-order valence-electron chi connectivity index (χ4n) is 2.02. The van der Waals surface area contributed by atoms with Crippen molar-refractivity contribution in [2.24, 2.45) is 10.9 Å². The normalized spacial score (nSPS) is 11.0. The number of oxime groups is 1. The summed E-state index contributed by atoms with van der Waals surface area (Å²) in [5.41, 5.74) is 7.35. The highest BCUT2D eigenvalue weighted by Crippen LogP contribution is 2.27. The highest BCUT2D eigenvalue weighted by Gasteiger charge is 2.09. The Kier molecular flexibility index (Phi) is 6.85. The Hall–Kier alpha value is -2.74. The third kappa shape index (κ3) is 5.13. The molecule has 0 bridgehead atoms. The van der Waals surface area contributed by atoms with Crippen LogP contribution in [0.25, 0.3) is 0 Å². The summed E-state index contributed by atoms with van der Waals surface area (Å²) in [6, 6.07) is 10.4. The maximum Gasteiger partial charge on any atom is 0.372 e. The van der Waals surface area contributed by atoms with Gasteiger partial charge in [-0.15, -0.1) is 0 Å². The van der Waals surface area contributed by atoms with Crippen molar-refractivity contribution < 1.29 is 23.8 Å². The van der Waals surface area contributed by atoms with Gasteiger partial charge in [0.15, 0.2) is 23.9 Å². The molecule has 0 amide bonds. The molecule has 0 aliphatic rings. The van der Waals surface area contributed by atoms with Crippen molar-refractivity contribution in [1.82, 2.24) is 0 Å². The fraction of sp³-hybridized carbons (Fsp3) is 0.222. The number of hydrogen-bond acceptors (Lipinski definition) is 6. The first-order valence-corrected chi connectivity index (χ1v) is 8.38. The number of hydrogen-bond donors (Lipinski definition) is 1. The van der Waals surface area contributed by atoms with Gasteiger partial charge in [-0.05, 0) is 48.9 Å². The van der Waals surface area contributed by atoms with Gasteiger partial charge in [-0.2, -0.15) is 0 Å². The van der Waals surface area contributed by atoms with E-state index in [9.17, 15) is 4.79 Å². The van der Waals surface area contributed by atoms with Crippen molar-refractivity contribution in [2.75, 3.05) is 20.8 Å². The zero-order chi connectivity index (χ0) is 19.1. The van der Waals surface area contributed by atoms with Gasteiger partial charge in [0.1, 0.15) is 5.75 Å². The van der Waals surface area contributed by atoms with E-state index >= 15 is 0 Å². The van der Waals surface area contributed by atoms with Crippen molar-refractivity contribution in [1.29, 1.82) is 0 Å². The van der Waals surface area contributed by atoms with Gasteiger partial charge in [0.2, 0.25) is 0 Å². The molecule has 0 spiro atoms. The molecular formula is C18H19BrN2O5. The molecule has 0 heterocycles. The van der Waals surface area contributed by atoms with E-state index in [4.69, 9.17) is 24.8 Å². The van der Waals surface area contributed by atoms with Crippen molar-refractivity contribution in [2.45, 2.75) is 6.92 Å². The number of carbonyl (C=O) groups is 1. The molecule has 0 saturated heterocycles. The van der Waals surface area contributed by atoms with E-state index in [0.29, 0.717) is 22.8 Å². The zero-order valence-corrected chi connectivity index (χ0v) is 16.2. The molecule has 0 radical (unpaired) electrons. The van der Waals surface area contributed by atoms with Crippen LogP contribution in [0.5, 0.6) is 17.2 Å². The van der Waals surface area contributed by atoms with Gasteiger partial charge in [-0.25, -0.2) is 4.79 Å². The lowest BCUT2D eigenvalue weighted by atomic mass is 10.2. The topological polar surface area (TPSA) is 92.4 Å². The molecule has 2 rings (SSSR count). The third-order valence-electron chi connectivity index (χ3n) is 3.41. The first-order chi connectivity index (χ1) is 12.4. The monoisotopic (exact) mass is 422 g/mol. The van der Waals surface area contributed by atoms with Gasteiger partial charge in [0, 0.05) is 10.0 Å². The fourth-order valence-corrected chi connectivity index (χ4v) is 2.27. The Balaban J connectivity index is 1.95. The Labute approximate surface area is 159 Å². The lowest BCUT2D eigenvalue weighted by Gasteiger charge is -2.09. The number of rotatable bonds is 7. The Morgan fingerprint density at radius 3 is 2.50 bits per heavy atom. The van der Waals surface area contributed by atoms with Crippen LogP contribution in [-0.2, 0) is 9.63 Å². The minimum absolute atomic E-state index is 0.0267. The second-order valence-electron chi connectivity index (χ2n) is 5.21. The molecule has 0 unspecified atom stereocenters. The summed E-state index contributed by atoms with van der Waals surface area (Å²) < 4.78 is 16.7. The average Bonchev–Trinajstić information content (AvgIpc) is 2.66. The van der Waals surface area contributed by atoms with Crippen molar-refractivity contribution >= 4 is 27.7 Å². The second kappa shape index (κ2) is 9.10. The maximum absolute atomic E-state index is 11.8. The number of methoxy groups -OCH3 is 2. The van der Waals surface area contributed by atoms with Crippen LogP contribution in [-0.4, -0.2) is 32.6 Å². The van der Waals surface area contributed by atoms with E-state index in [1.807, 2.05) is 13.0 Å². The summed E-state index contributed by atoms with van der Waals surface area (Å²) in [7, 11) is 3.04. The number of ether oxygens (including phenoxy) is 3. The van der Waals surface area contributed by atoms with Gasteiger partial charge in [-0.1, -0.05) is 21.1 Å². The third-order valence-corrected chi connectivity index (χ3v) is 4.30. The zero-order valence-electron chi connectivity index (χ0n) is 14.6. The highest BCUT2D eigenvalue weighted by molar-refractivity contribution is 9.10. The minimum Gasteiger partial charge on any atom is -0.493 e. The SMILES string of the molecule is COc1ccc(C(N)=NOC(=O)COc2ccc(Br)c(C)c2)cc1OC. The first kappa shape index (κ1) is 19.6. The second-order valence-corrected chi connectivity index (χ2v) is 6.06. The number of aryl methyl sites for hydroxylation is 1. The van der Waals surface area contributed by atoms with Gasteiger partial charge in [0.05, 0.1) is 14.2 Å². The number of benzene rings is 2. The minimum atomic E-state index is -0.672. The molecule has 0 fully saturated rings. The molecule has 138 valence electrons. The molecule has 0 saturated carbocycles. The van der Waals surface area contributed by atoms with Crippen LogP contribution in [0.1, 0.15) is 11.1 Å². The predicted octanol–water partition coefficient (Wildman–Crippen LogP) is 3.02. The van der Waals surface area contributed by atoms with Crippen LogP contribution in [0.2, 0.25) is 0 Å². The molecule has 7 nitrogen and oxygen atoms in total. The number of carbonyl (C=O) groups excluding carboxylic acids is 1. The van der Waals surface area contributed by atoms with E-state index in [2.05, 4.69) is 21.1 Å². The molecule has 2 aromatic rings. The van der Waals surface area contributed by atoms with Crippen LogP contribution in [0.15, 0.2) is 46.0 Å². The standard InChI is InChI=1S/C18H19BrN2O5/c1-11-8-13(5-6-14(11)19)25-10-17(22)26-21-18(20)12-4-7-15(23-2)16(9-12)24-3/h4-9H,10H2,1-3H3,(H2,20,21). The Bertz CT molecular complexity index is 823. The summed E-state index contributed by atoms with van der Waals surface area (Å²) >= 11 is 3.40. The molecule has 0 aliphatic heterocycles. The smallest absolute Gasteiger partial charge is 0.372 e. The Morgan fingerprint density at radius 1 is 1.12 bits per heavy atom. The van der Waals surface area contributed by atoms with Crippen molar-refractivity contribution in [3.8, 4) is 17.2 Å². The van der Waals surface area contributed by atoms with E-state index in [1.54, 1.807) is 30.3 Å². The summed E-state index contributed by atoms with van der Waals surface area (Å²) in [6.45, 7) is 1.63. The largest absolute Gasteiger partial charge is 0.493 e.